The van der Waals surface area contributed by atoms with Crippen LogP contribution in [0.1, 0.15) is 68.9 Å². The molecule has 3 rings (SSSR count). The van der Waals surface area contributed by atoms with Gasteiger partial charge in [0.2, 0.25) is 0 Å². The van der Waals surface area contributed by atoms with E-state index < -0.39 is 5.91 Å². The second-order valence-corrected chi connectivity index (χ2v) is 8.15. The highest BCUT2D eigenvalue weighted by atomic mass is 16.5. The van der Waals surface area contributed by atoms with Crippen LogP contribution in [-0.4, -0.2) is 29.2 Å². The van der Waals surface area contributed by atoms with Crippen LogP contribution >= 0.6 is 0 Å². The first-order valence-electron chi connectivity index (χ1n) is 10.8. The Balaban J connectivity index is 1.58. The van der Waals surface area contributed by atoms with Crippen LogP contribution in [0.3, 0.4) is 0 Å². The largest absolute Gasteiger partial charge is 0.461 e. The highest BCUT2D eigenvalue weighted by Gasteiger charge is 2.32. The zero-order chi connectivity index (χ0) is 20.5. The Hall–Kier alpha value is -2.18. The number of carbonyl (C=O) groups is 2. The van der Waals surface area contributed by atoms with Gasteiger partial charge in [-0.05, 0) is 61.6 Å². The van der Waals surface area contributed by atoms with E-state index in [0.29, 0.717) is 12.5 Å². The fraction of sp³-hybridized carbons (Fsp3) is 0.565. The molecule has 2 fully saturated rings. The Bertz CT molecular complexity index is 689. The zero-order valence-electron chi connectivity index (χ0n) is 16.9. The number of esters is 1. The third-order valence-electron chi connectivity index (χ3n) is 6.00. The molecule has 2 saturated carbocycles. The summed E-state index contributed by atoms with van der Waals surface area (Å²) in [6, 6.07) is 7.52. The summed E-state index contributed by atoms with van der Waals surface area (Å²) in [4.78, 5) is 24.0. The Morgan fingerprint density at radius 1 is 1.03 bits per heavy atom. The minimum Gasteiger partial charge on any atom is -0.461 e. The van der Waals surface area contributed by atoms with Gasteiger partial charge >= 0.3 is 5.97 Å². The van der Waals surface area contributed by atoms with Crippen molar-refractivity contribution in [2.45, 2.75) is 76.5 Å². The highest BCUT2D eigenvalue weighted by molar-refractivity contribution is 5.90. The molecule has 1 aromatic rings. The normalized spacial score (nSPS) is 19.3. The van der Waals surface area contributed by atoms with Crippen molar-refractivity contribution in [3.05, 3.63) is 41.5 Å². The van der Waals surface area contributed by atoms with Crippen molar-refractivity contribution in [3.63, 3.8) is 0 Å². The number of carbonyl (C=O) groups excluding carboxylic acids is 2. The van der Waals surface area contributed by atoms with Crippen molar-refractivity contribution < 1.29 is 19.5 Å². The SMILES string of the molecule is O=C(/C=C/c1ccc(CN[C@@H](C(=O)OC2CCCC2)C2CCCCC2)cc1)NO. The molecule has 0 aromatic heterocycles. The van der Waals surface area contributed by atoms with Crippen molar-refractivity contribution in [1.82, 2.24) is 10.8 Å². The Morgan fingerprint density at radius 2 is 1.69 bits per heavy atom. The molecule has 6 heteroatoms. The molecule has 2 aliphatic rings. The number of rotatable bonds is 8. The molecule has 0 unspecified atom stereocenters. The minimum atomic E-state index is -0.563. The predicted molar refractivity (Wildman–Crippen MR) is 111 cm³/mol. The molecule has 1 atom stereocenters. The maximum atomic E-state index is 12.9. The number of hydrogen-bond acceptors (Lipinski definition) is 5. The molecule has 0 radical (unpaired) electrons. The summed E-state index contributed by atoms with van der Waals surface area (Å²) in [5, 5.41) is 12.0. The Labute approximate surface area is 172 Å². The molecular formula is C23H32N2O4. The fourth-order valence-corrected chi connectivity index (χ4v) is 4.34. The fourth-order valence-electron chi connectivity index (χ4n) is 4.34. The van der Waals surface area contributed by atoms with Crippen LogP contribution in [0.2, 0.25) is 0 Å². The zero-order valence-corrected chi connectivity index (χ0v) is 16.9. The van der Waals surface area contributed by atoms with Gasteiger partial charge in [-0.25, -0.2) is 5.48 Å². The molecular weight excluding hydrogens is 368 g/mol. The van der Waals surface area contributed by atoms with Gasteiger partial charge in [-0.3, -0.25) is 14.8 Å². The lowest BCUT2D eigenvalue weighted by atomic mass is 9.83. The van der Waals surface area contributed by atoms with Crippen molar-refractivity contribution in [3.8, 4) is 0 Å². The molecule has 29 heavy (non-hydrogen) atoms. The van der Waals surface area contributed by atoms with E-state index in [9.17, 15) is 9.59 Å². The van der Waals surface area contributed by atoms with Crippen molar-refractivity contribution in [2.24, 2.45) is 5.92 Å². The maximum Gasteiger partial charge on any atom is 0.323 e. The maximum absolute atomic E-state index is 12.9. The second-order valence-electron chi connectivity index (χ2n) is 8.15. The third kappa shape index (κ3) is 6.68. The van der Waals surface area contributed by atoms with Crippen LogP contribution < -0.4 is 10.8 Å². The number of nitrogens with one attached hydrogen (secondary N) is 2. The molecule has 2 aliphatic carbocycles. The van der Waals surface area contributed by atoms with Crippen LogP contribution in [0.5, 0.6) is 0 Å². The van der Waals surface area contributed by atoms with Gasteiger partial charge < -0.3 is 10.1 Å². The molecule has 158 valence electrons. The molecule has 0 spiro atoms. The van der Waals surface area contributed by atoms with Crippen molar-refractivity contribution >= 4 is 18.0 Å². The van der Waals surface area contributed by atoms with Gasteiger partial charge in [0.1, 0.15) is 12.1 Å². The van der Waals surface area contributed by atoms with E-state index in [1.807, 2.05) is 24.3 Å². The van der Waals surface area contributed by atoms with Gasteiger partial charge in [-0.1, -0.05) is 43.5 Å². The van der Waals surface area contributed by atoms with E-state index in [0.717, 1.165) is 49.7 Å². The lowest BCUT2D eigenvalue weighted by molar-refractivity contribution is -0.153. The summed E-state index contributed by atoms with van der Waals surface area (Å²) in [5.74, 6) is -0.304. The van der Waals surface area contributed by atoms with Gasteiger partial charge in [0.05, 0.1) is 0 Å². The van der Waals surface area contributed by atoms with Gasteiger partial charge in [0, 0.05) is 12.6 Å². The van der Waals surface area contributed by atoms with Gasteiger partial charge in [0.25, 0.3) is 5.91 Å². The molecule has 0 heterocycles. The monoisotopic (exact) mass is 400 g/mol. The van der Waals surface area contributed by atoms with Crippen LogP contribution in [0.15, 0.2) is 30.3 Å². The highest BCUT2D eigenvalue weighted by Crippen LogP contribution is 2.29. The summed E-state index contributed by atoms with van der Waals surface area (Å²) >= 11 is 0. The third-order valence-corrected chi connectivity index (χ3v) is 6.00. The van der Waals surface area contributed by atoms with Crippen LogP contribution in [0.25, 0.3) is 6.08 Å². The standard InChI is InChI=1S/C23H32N2O4/c26-21(25-28)15-14-17-10-12-18(13-11-17)16-24-22(19-6-2-1-3-7-19)23(27)29-20-8-4-5-9-20/h10-15,19-20,22,24,28H,1-9,16H2,(H,25,26)/b15-14+/t22-/m1/s1. The van der Waals surface area contributed by atoms with Crippen LogP contribution in [0, 0.1) is 5.92 Å². The molecule has 0 saturated heterocycles. The summed E-state index contributed by atoms with van der Waals surface area (Å²) < 4.78 is 5.83. The summed E-state index contributed by atoms with van der Waals surface area (Å²) in [7, 11) is 0. The molecule has 6 nitrogen and oxygen atoms in total. The quantitative estimate of drug-likeness (QED) is 0.268. The van der Waals surface area contributed by atoms with Gasteiger partial charge in [0.15, 0.2) is 0 Å². The average Bonchev–Trinajstić information content (AvgIpc) is 3.26. The predicted octanol–water partition coefficient (Wildman–Crippen LogP) is 3.73. The Morgan fingerprint density at radius 3 is 2.34 bits per heavy atom. The lowest BCUT2D eigenvalue weighted by Gasteiger charge is -2.30. The van der Waals surface area contributed by atoms with Gasteiger partial charge in [-0.2, -0.15) is 0 Å². The molecule has 1 amide bonds. The molecule has 1 aromatic carbocycles. The minimum absolute atomic E-state index is 0.0848. The first kappa shape index (κ1) is 21.5. The summed E-state index contributed by atoms with van der Waals surface area (Å²) in [6.45, 7) is 0.599. The number of ether oxygens (including phenoxy) is 1. The van der Waals surface area contributed by atoms with E-state index >= 15 is 0 Å². The van der Waals surface area contributed by atoms with E-state index in [1.54, 1.807) is 11.6 Å². The first-order chi connectivity index (χ1) is 14.2. The van der Waals surface area contributed by atoms with E-state index in [1.165, 1.54) is 25.3 Å². The topological polar surface area (TPSA) is 87.7 Å². The van der Waals surface area contributed by atoms with Gasteiger partial charge in [-0.15, -0.1) is 0 Å². The average molecular weight is 401 g/mol. The van der Waals surface area contributed by atoms with Crippen molar-refractivity contribution in [1.29, 1.82) is 0 Å². The number of benzene rings is 1. The molecule has 0 aliphatic heterocycles. The van der Waals surface area contributed by atoms with E-state index in [-0.39, 0.29) is 18.1 Å². The molecule has 0 bridgehead atoms. The smallest absolute Gasteiger partial charge is 0.323 e. The van der Waals surface area contributed by atoms with Crippen LogP contribution in [-0.2, 0) is 20.9 Å². The number of hydrogen-bond donors (Lipinski definition) is 3. The number of hydroxylamine groups is 1. The van der Waals surface area contributed by atoms with E-state index in [4.69, 9.17) is 9.94 Å². The summed E-state index contributed by atoms with van der Waals surface area (Å²) in [6.07, 6.45) is 13.1. The first-order valence-corrected chi connectivity index (χ1v) is 10.8. The number of amides is 1. The Kier molecular flexibility index (Phi) is 8.25. The summed E-state index contributed by atoms with van der Waals surface area (Å²) in [5.41, 5.74) is 3.50. The lowest BCUT2D eigenvalue weighted by Crippen LogP contribution is -2.45. The van der Waals surface area contributed by atoms with Crippen LogP contribution in [0.4, 0.5) is 0 Å². The molecule has 3 N–H and O–H groups in total. The van der Waals surface area contributed by atoms with E-state index in [2.05, 4.69) is 5.32 Å². The van der Waals surface area contributed by atoms with Crippen molar-refractivity contribution in [2.75, 3.05) is 0 Å². The second kappa shape index (κ2) is 11.1.